The minimum absolute atomic E-state index is 0.523. The average Bonchev–Trinajstić information content (AvgIpc) is 3.05. The predicted octanol–water partition coefficient (Wildman–Crippen LogP) is 1.39. The standard InChI is InChI=1S/C15H28N6/c1-3-4-9-21-14(16-17-18-21)11-20-10-7-15(13-20)6-5-8-19(2)12-15/h3-13H2,1-2H3. The van der Waals surface area contributed by atoms with E-state index in [0.717, 1.165) is 25.3 Å². The van der Waals surface area contributed by atoms with Crippen LogP contribution in [-0.4, -0.2) is 63.2 Å². The molecule has 6 heteroatoms. The first-order valence-electron chi connectivity index (χ1n) is 8.37. The molecule has 1 aromatic heterocycles. The molecule has 2 saturated heterocycles. The zero-order valence-corrected chi connectivity index (χ0v) is 13.5. The van der Waals surface area contributed by atoms with E-state index in [1.165, 1.54) is 51.9 Å². The fourth-order valence-corrected chi connectivity index (χ4v) is 3.97. The van der Waals surface area contributed by atoms with E-state index < -0.39 is 0 Å². The highest BCUT2D eigenvalue weighted by Crippen LogP contribution is 2.38. The molecule has 2 aliphatic heterocycles. The van der Waals surface area contributed by atoms with Gasteiger partial charge in [-0.3, -0.25) is 4.90 Å². The predicted molar refractivity (Wildman–Crippen MR) is 81.8 cm³/mol. The summed E-state index contributed by atoms with van der Waals surface area (Å²) in [6.07, 6.45) is 6.38. The smallest absolute Gasteiger partial charge is 0.165 e. The Hall–Kier alpha value is -1.01. The molecule has 1 atom stereocenters. The number of hydrogen-bond donors (Lipinski definition) is 0. The van der Waals surface area contributed by atoms with Gasteiger partial charge in [0.1, 0.15) is 0 Å². The van der Waals surface area contributed by atoms with E-state index >= 15 is 0 Å². The number of aryl methyl sites for hydroxylation is 1. The van der Waals surface area contributed by atoms with Gasteiger partial charge in [-0.25, -0.2) is 4.68 Å². The quantitative estimate of drug-likeness (QED) is 0.821. The molecule has 0 aromatic carbocycles. The minimum atomic E-state index is 0.523. The third-order valence-electron chi connectivity index (χ3n) is 5.06. The van der Waals surface area contributed by atoms with Crippen molar-refractivity contribution >= 4 is 0 Å². The van der Waals surface area contributed by atoms with Crippen molar-refractivity contribution in [1.29, 1.82) is 0 Å². The number of tetrazole rings is 1. The second-order valence-electron chi connectivity index (χ2n) is 6.97. The molecule has 2 aliphatic rings. The van der Waals surface area contributed by atoms with E-state index in [2.05, 4.69) is 39.3 Å². The Morgan fingerprint density at radius 3 is 2.90 bits per heavy atom. The molecular weight excluding hydrogens is 264 g/mol. The number of likely N-dealkylation sites (tertiary alicyclic amines) is 2. The highest BCUT2D eigenvalue weighted by molar-refractivity contribution is 4.96. The number of unbranched alkanes of at least 4 members (excludes halogenated alkanes) is 1. The maximum atomic E-state index is 4.23. The molecule has 2 fully saturated rings. The largest absolute Gasteiger partial charge is 0.306 e. The number of piperidine rings is 1. The van der Waals surface area contributed by atoms with Crippen LogP contribution in [0.4, 0.5) is 0 Å². The van der Waals surface area contributed by atoms with Crippen molar-refractivity contribution in [2.24, 2.45) is 5.41 Å². The fourth-order valence-electron chi connectivity index (χ4n) is 3.97. The van der Waals surface area contributed by atoms with Crippen LogP contribution in [0.25, 0.3) is 0 Å². The molecule has 3 heterocycles. The lowest BCUT2D eigenvalue weighted by molar-refractivity contribution is 0.111. The van der Waals surface area contributed by atoms with Crippen LogP contribution in [0.3, 0.4) is 0 Å². The van der Waals surface area contributed by atoms with E-state index in [-0.39, 0.29) is 0 Å². The van der Waals surface area contributed by atoms with Gasteiger partial charge in [0.15, 0.2) is 5.82 Å². The summed E-state index contributed by atoms with van der Waals surface area (Å²) >= 11 is 0. The first-order valence-corrected chi connectivity index (χ1v) is 8.37. The van der Waals surface area contributed by atoms with Crippen molar-refractivity contribution in [2.75, 3.05) is 33.2 Å². The summed E-state index contributed by atoms with van der Waals surface area (Å²) in [4.78, 5) is 5.05. The molecule has 21 heavy (non-hydrogen) atoms. The monoisotopic (exact) mass is 292 g/mol. The zero-order chi connectivity index (χ0) is 14.7. The highest BCUT2D eigenvalue weighted by Gasteiger charge is 2.40. The van der Waals surface area contributed by atoms with Crippen molar-refractivity contribution in [2.45, 2.75) is 52.1 Å². The van der Waals surface area contributed by atoms with E-state index in [0.29, 0.717) is 5.41 Å². The molecule has 0 saturated carbocycles. The summed E-state index contributed by atoms with van der Waals surface area (Å²) in [7, 11) is 2.26. The van der Waals surface area contributed by atoms with E-state index in [9.17, 15) is 0 Å². The minimum Gasteiger partial charge on any atom is -0.306 e. The number of aromatic nitrogens is 4. The molecule has 0 aliphatic carbocycles. The lowest BCUT2D eigenvalue weighted by Crippen LogP contribution is -2.42. The highest BCUT2D eigenvalue weighted by atomic mass is 15.5. The van der Waals surface area contributed by atoms with E-state index in [1.54, 1.807) is 0 Å². The Labute approximate surface area is 127 Å². The first-order chi connectivity index (χ1) is 10.2. The van der Waals surface area contributed by atoms with Crippen molar-refractivity contribution in [3.05, 3.63) is 5.82 Å². The Morgan fingerprint density at radius 1 is 1.19 bits per heavy atom. The van der Waals surface area contributed by atoms with Gasteiger partial charge in [0.05, 0.1) is 6.54 Å². The molecule has 0 amide bonds. The summed E-state index contributed by atoms with van der Waals surface area (Å²) in [6.45, 7) is 8.96. The van der Waals surface area contributed by atoms with Crippen LogP contribution >= 0.6 is 0 Å². The van der Waals surface area contributed by atoms with Gasteiger partial charge in [-0.2, -0.15) is 0 Å². The second kappa shape index (κ2) is 6.40. The van der Waals surface area contributed by atoms with Gasteiger partial charge in [-0.1, -0.05) is 13.3 Å². The van der Waals surface area contributed by atoms with Crippen LogP contribution in [0.1, 0.15) is 44.9 Å². The second-order valence-corrected chi connectivity index (χ2v) is 6.97. The Kier molecular flexibility index (Phi) is 4.54. The molecule has 3 rings (SSSR count). The topological polar surface area (TPSA) is 50.1 Å². The van der Waals surface area contributed by atoms with Crippen LogP contribution in [0.2, 0.25) is 0 Å². The molecule has 0 radical (unpaired) electrons. The first kappa shape index (κ1) is 14.9. The SMILES string of the molecule is CCCCn1nnnc1CN1CCC2(CCCN(C)C2)C1. The van der Waals surface area contributed by atoms with Gasteiger partial charge in [0, 0.05) is 19.6 Å². The third kappa shape index (κ3) is 3.43. The normalized spacial score (nSPS) is 27.7. The van der Waals surface area contributed by atoms with Crippen LogP contribution in [0, 0.1) is 5.41 Å². The summed E-state index contributed by atoms with van der Waals surface area (Å²) in [6, 6.07) is 0. The Morgan fingerprint density at radius 2 is 2.10 bits per heavy atom. The number of hydrogen-bond acceptors (Lipinski definition) is 5. The van der Waals surface area contributed by atoms with Crippen LogP contribution in [0.5, 0.6) is 0 Å². The van der Waals surface area contributed by atoms with Crippen molar-refractivity contribution < 1.29 is 0 Å². The molecule has 6 nitrogen and oxygen atoms in total. The zero-order valence-electron chi connectivity index (χ0n) is 13.5. The molecule has 0 N–H and O–H groups in total. The number of rotatable bonds is 5. The Bertz CT molecular complexity index is 459. The summed E-state index contributed by atoms with van der Waals surface area (Å²) in [5, 5.41) is 12.2. The summed E-state index contributed by atoms with van der Waals surface area (Å²) in [5.41, 5.74) is 0.523. The van der Waals surface area contributed by atoms with Crippen LogP contribution < -0.4 is 0 Å². The van der Waals surface area contributed by atoms with Gasteiger partial charge in [-0.05, 0) is 61.7 Å². The molecule has 1 aromatic rings. The van der Waals surface area contributed by atoms with Gasteiger partial charge >= 0.3 is 0 Å². The van der Waals surface area contributed by atoms with Crippen LogP contribution in [0.15, 0.2) is 0 Å². The molecule has 0 bridgehead atoms. The third-order valence-corrected chi connectivity index (χ3v) is 5.06. The summed E-state index contributed by atoms with van der Waals surface area (Å²) < 4.78 is 1.99. The van der Waals surface area contributed by atoms with E-state index in [1.807, 2.05) is 4.68 Å². The van der Waals surface area contributed by atoms with Crippen LogP contribution in [-0.2, 0) is 13.1 Å². The molecule has 118 valence electrons. The van der Waals surface area contributed by atoms with E-state index in [4.69, 9.17) is 0 Å². The van der Waals surface area contributed by atoms with Gasteiger partial charge in [0.25, 0.3) is 0 Å². The van der Waals surface area contributed by atoms with Crippen molar-refractivity contribution in [3.8, 4) is 0 Å². The summed E-state index contributed by atoms with van der Waals surface area (Å²) in [5.74, 6) is 1.03. The maximum Gasteiger partial charge on any atom is 0.165 e. The lowest BCUT2D eigenvalue weighted by Gasteiger charge is -2.38. The van der Waals surface area contributed by atoms with Crippen molar-refractivity contribution in [3.63, 3.8) is 0 Å². The van der Waals surface area contributed by atoms with Crippen molar-refractivity contribution in [1.82, 2.24) is 30.0 Å². The molecule has 1 spiro atoms. The average molecular weight is 292 g/mol. The maximum absolute atomic E-state index is 4.23. The number of nitrogens with zero attached hydrogens (tertiary/aromatic N) is 6. The lowest BCUT2D eigenvalue weighted by atomic mass is 9.79. The fraction of sp³-hybridized carbons (Fsp3) is 0.933. The van der Waals surface area contributed by atoms with Gasteiger partial charge < -0.3 is 4.90 Å². The van der Waals surface area contributed by atoms with Gasteiger partial charge in [0.2, 0.25) is 0 Å². The Balaban J connectivity index is 1.58. The molecule has 1 unspecified atom stereocenters. The molecular formula is C15H28N6. The van der Waals surface area contributed by atoms with Gasteiger partial charge in [-0.15, -0.1) is 5.10 Å².